The van der Waals surface area contributed by atoms with Gasteiger partial charge in [0, 0.05) is 29.8 Å². The molecule has 48 heavy (non-hydrogen) atoms. The number of ether oxygens (including phenoxy) is 2. The minimum atomic E-state index is -0.569. The van der Waals surface area contributed by atoms with Crippen molar-refractivity contribution >= 4 is 33.7 Å². The van der Waals surface area contributed by atoms with Gasteiger partial charge < -0.3 is 20.1 Å². The van der Waals surface area contributed by atoms with Crippen molar-refractivity contribution in [2.75, 3.05) is 19.6 Å². The fourth-order valence-electron chi connectivity index (χ4n) is 6.32. The number of nitrogens with one attached hydrogen (secondary N) is 3. The molecule has 8 heteroatoms. The van der Waals surface area contributed by atoms with E-state index in [0.717, 1.165) is 77.7 Å². The van der Waals surface area contributed by atoms with Gasteiger partial charge >= 0.3 is 12.2 Å². The number of benzene rings is 4. The quantitative estimate of drug-likeness (QED) is 0.0737. The van der Waals surface area contributed by atoms with Crippen molar-refractivity contribution in [2.45, 2.75) is 95.4 Å². The molecular weight excluding hydrogens is 600 g/mol. The lowest BCUT2D eigenvalue weighted by Gasteiger charge is -2.32. The zero-order valence-electron chi connectivity index (χ0n) is 28.2. The second kappa shape index (κ2) is 16.8. The summed E-state index contributed by atoms with van der Waals surface area (Å²) in [5.74, 6) is 0. The van der Waals surface area contributed by atoms with E-state index in [1.807, 2.05) is 48.5 Å². The Labute approximate surface area is 284 Å². The molecule has 2 unspecified atom stereocenters. The monoisotopic (exact) mass is 650 g/mol. The number of carbonyl (C=O) groups is 2. The minimum Gasteiger partial charge on any atom is -0.440 e. The van der Waals surface area contributed by atoms with Crippen molar-refractivity contribution < 1.29 is 19.1 Å². The molecule has 0 spiro atoms. The highest BCUT2D eigenvalue weighted by Crippen LogP contribution is 2.31. The Morgan fingerprint density at radius 1 is 0.646 bits per heavy atom. The van der Waals surface area contributed by atoms with Crippen LogP contribution in [0.15, 0.2) is 84.9 Å². The minimum absolute atomic E-state index is 0.182. The molecule has 0 aliphatic heterocycles. The summed E-state index contributed by atoms with van der Waals surface area (Å²) >= 11 is 0. The first-order chi connectivity index (χ1) is 23.6. The second-order valence-electron chi connectivity index (χ2n) is 13.3. The van der Waals surface area contributed by atoms with E-state index >= 15 is 0 Å². The van der Waals surface area contributed by atoms with Crippen LogP contribution < -0.4 is 16.1 Å². The Balaban J connectivity index is 1.29. The van der Waals surface area contributed by atoms with E-state index in [0.29, 0.717) is 13.1 Å². The first kappa shape index (κ1) is 33.7. The van der Waals surface area contributed by atoms with Gasteiger partial charge in [-0.2, -0.15) is 0 Å². The molecule has 3 N–H and O–H groups in total. The summed E-state index contributed by atoms with van der Waals surface area (Å²) in [5, 5.41) is 12.4. The molecule has 0 radical (unpaired) electrons. The fourth-order valence-corrected chi connectivity index (χ4v) is 6.32. The molecule has 2 amide bonds. The molecule has 0 bridgehead atoms. The molecular formula is C40H50N4O4. The lowest BCUT2D eigenvalue weighted by atomic mass is 9.99. The maximum atomic E-state index is 13.2. The summed E-state index contributed by atoms with van der Waals surface area (Å²) in [6.45, 7) is 3.74. The van der Waals surface area contributed by atoms with Gasteiger partial charge in [0.15, 0.2) is 0 Å². The molecule has 4 aromatic carbocycles. The van der Waals surface area contributed by atoms with Crippen LogP contribution in [0.5, 0.6) is 0 Å². The van der Waals surface area contributed by atoms with Crippen LogP contribution in [0.25, 0.3) is 21.5 Å². The Hall–Kier alpha value is -4.14. The van der Waals surface area contributed by atoms with Crippen LogP contribution in [-0.4, -0.2) is 48.9 Å². The standard InChI is InChI=1S/C40H50N4O4/c1-2-3-4-5-6-11-26-41-44(27-37(47-39(45)42-31-22-23-31)35-20-12-16-29-14-7-9-18-33(29)35)28-38(48-40(46)43-32-24-25-32)36-21-13-17-30-15-8-10-19-34(30)36/h7-10,12-21,31-32,37-38,41H,2-6,11,22-28H2,1H3,(H,42,45)(H,43,46). The zero-order valence-corrected chi connectivity index (χ0v) is 28.2. The average Bonchev–Trinajstić information content (AvgIpc) is 4.05. The van der Waals surface area contributed by atoms with E-state index in [1.165, 1.54) is 25.7 Å². The van der Waals surface area contributed by atoms with Crippen LogP contribution in [0, 0.1) is 0 Å². The number of hydrogen-bond acceptors (Lipinski definition) is 6. The summed E-state index contributed by atoms with van der Waals surface area (Å²) in [6, 6.07) is 29.1. The Bertz CT molecular complexity index is 1530. The molecule has 0 heterocycles. The van der Waals surface area contributed by atoms with E-state index in [2.05, 4.69) is 64.4 Å². The number of alkyl carbamates (subject to hydrolysis) is 2. The van der Waals surface area contributed by atoms with Crippen LogP contribution in [0.2, 0.25) is 0 Å². The maximum Gasteiger partial charge on any atom is 0.408 e. The van der Waals surface area contributed by atoms with Crippen LogP contribution in [-0.2, 0) is 9.47 Å². The Morgan fingerprint density at radius 2 is 1.10 bits per heavy atom. The Morgan fingerprint density at radius 3 is 1.60 bits per heavy atom. The SMILES string of the molecule is CCCCCCCCNN(CC(OC(=O)NC1CC1)c1cccc2ccccc12)CC(OC(=O)NC1CC1)c1cccc2ccccc12. The predicted octanol–water partition coefficient (Wildman–Crippen LogP) is 8.72. The van der Waals surface area contributed by atoms with Crippen molar-refractivity contribution in [1.82, 2.24) is 21.1 Å². The molecule has 0 saturated heterocycles. The lowest BCUT2D eigenvalue weighted by molar-refractivity contribution is 0.0185. The van der Waals surface area contributed by atoms with E-state index in [1.54, 1.807) is 0 Å². The summed E-state index contributed by atoms with van der Waals surface area (Å²) < 4.78 is 12.5. The summed E-state index contributed by atoms with van der Waals surface area (Å²) in [4.78, 5) is 26.3. The van der Waals surface area contributed by atoms with Crippen molar-refractivity contribution in [3.05, 3.63) is 96.1 Å². The smallest absolute Gasteiger partial charge is 0.408 e. The van der Waals surface area contributed by atoms with Crippen LogP contribution in [0.4, 0.5) is 9.59 Å². The molecule has 6 rings (SSSR count). The van der Waals surface area contributed by atoms with E-state index in [-0.39, 0.29) is 12.1 Å². The average molecular weight is 651 g/mol. The highest BCUT2D eigenvalue weighted by Gasteiger charge is 2.31. The number of hydrogen-bond donors (Lipinski definition) is 3. The molecule has 254 valence electrons. The first-order valence-corrected chi connectivity index (χ1v) is 18.0. The molecule has 2 atom stereocenters. The normalized spacial score (nSPS) is 15.7. The highest BCUT2D eigenvalue weighted by atomic mass is 16.6. The molecule has 2 saturated carbocycles. The Kier molecular flexibility index (Phi) is 11.8. The van der Waals surface area contributed by atoms with Gasteiger partial charge in [0.1, 0.15) is 12.2 Å². The van der Waals surface area contributed by atoms with E-state index in [4.69, 9.17) is 9.47 Å². The van der Waals surface area contributed by atoms with E-state index in [9.17, 15) is 9.59 Å². The van der Waals surface area contributed by atoms with Gasteiger partial charge in [-0.05, 0) is 53.6 Å². The maximum absolute atomic E-state index is 13.2. The third-order valence-corrected chi connectivity index (χ3v) is 9.28. The van der Waals surface area contributed by atoms with Crippen molar-refractivity contribution in [3.63, 3.8) is 0 Å². The van der Waals surface area contributed by atoms with Crippen molar-refractivity contribution in [3.8, 4) is 0 Å². The van der Waals surface area contributed by atoms with Gasteiger partial charge in [0.05, 0.1) is 13.1 Å². The second-order valence-corrected chi connectivity index (χ2v) is 13.3. The fraction of sp³-hybridized carbons (Fsp3) is 0.450. The molecule has 2 aliphatic carbocycles. The van der Waals surface area contributed by atoms with Crippen LogP contribution >= 0.6 is 0 Å². The first-order valence-electron chi connectivity index (χ1n) is 18.0. The topological polar surface area (TPSA) is 91.9 Å². The number of nitrogens with zero attached hydrogens (tertiary/aromatic N) is 1. The molecule has 4 aromatic rings. The molecule has 0 aromatic heterocycles. The third-order valence-electron chi connectivity index (χ3n) is 9.28. The third kappa shape index (κ3) is 9.70. The van der Waals surface area contributed by atoms with Crippen molar-refractivity contribution in [2.24, 2.45) is 0 Å². The largest absolute Gasteiger partial charge is 0.440 e. The molecule has 2 fully saturated rings. The van der Waals surface area contributed by atoms with Gasteiger partial charge in [-0.15, -0.1) is 0 Å². The van der Waals surface area contributed by atoms with Gasteiger partial charge in [-0.25, -0.2) is 14.6 Å². The number of rotatable bonds is 18. The van der Waals surface area contributed by atoms with Gasteiger partial charge in [0.25, 0.3) is 0 Å². The number of unbranched alkanes of at least 4 members (excludes halogenated alkanes) is 5. The van der Waals surface area contributed by atoms with Crippen molar-refractivity contribution in [1.29, 1.82) is 0 Å². The number of carbonyl (C=O) groups excluding carboxylic acids is 2. The van der Waals surface area contributed by atoms with Crippen LogP contribution in [0.1, 0.15) is 94.5 Å². The van der Waals surface area contributed by atoms with E-state index < -0.39 is 24.4 Å². The van der Waals surface area contributed by atoms with Gasteiger partial charge in [0.2, 0.25) is 0 Å². The molecule has 2 aliphatic rings. The summed E-state index contributed by atoms with van der Waals surface area (Å²) in [5.41, 5.74) is 5.56. The number of fused-ring (bicyclic) bond motifs is 2. The van der Waals surface area contributed by atoms with Crippen LogP contribution in [0.3, 0.4) is 0 Å². The summed E-state index contributed by atoms with van der Waals surface area (Å²) in [7, 11) is 0. The van der Waals surface area contributed by atoms with Gasteiger partial charge in [-0.1, -0.05) is 124 Å². The number of amides is 2. The lowest BCUT2D eigenvalue weighted by Crippen LogP contribution is -2.46. The molecule has 8 nitrogen and oxygen atoms in total. The van der Waals surface area contributed by atoms with Gasteiger partial charge in [-0.3, -0.25) is 5.43 Å². The zero-order chi connectivity index (χ0) is 33.1. The number of hydrazine groups is 1. The predicted molar refractivity (Wildman–Crippen MR) is 192 cm³/mol. The summed E-state index contributed by atoms with van der Waals surface area (Å²) in [6.07, 6.45) is 9.07. The highest BCUT2D eigenvalue weighted by molar-refractivity contribution is 5.87.